The number of anilines is 1. The van der Waals surface area contributed by atoms with Crippen LogP contribution >= 0.6 is 0 Å². The van der Waals surface area contributed by atoms with E-state index in [0.29, 0.717) is 17.7 Å². The number of allylic oxidation sites excluding steroid dienone is 2. The summed E-state index contributed by atoms with van der Waals surface area (Å²) in [4.78, 5) is 23.8. The number of amides is 1. The van der Waals surface area contributed by atoms with Gasteiger partial charge in [0.25, 0.3) is 0 Å². The number of hydrogen-bond donors (Lipinski definition) is 2. The van der Waals surface area contributed by atoms with Gasteiger partial charge in [-0.3, -0.25) is 9.59 Å². The molecule has 4 nitrogen and oxygen atoms in total. The number of carboxylic acid groups (broad SMARTS) is 1. The normalized spacial score (nSPS) is 29.6. The van der Waals surface area contributed by atoms with Crippen molar-refractivity contribution in [3.8, 4) is 0 Å². The number of carbonyl (C=O) groups is 2. The second kappa shape index (κ2) is 4.98. The van der Waals surface area contributed by atoms with E-state index in [4.69, 9.17) is 0 Å². The van der Waals surface area contributed by atoms with Gasteiger partial charge in [0.15, 0.2) is 0 Å². The first kappa shape index (κ1) is 13.8. The van der Waals surface area contributed by atoms with E-state index in [9.17, 15) is 19.1 Å². The van der Waals surface area contributed by atoms with E-state index in [-0.39, 0.29) is 17.7 Å². The lowest BCUT2D eigenvalue weighted by Gasteiger charge is -2.23. The van der Waals surface area contributed by atoms with Gasteiger partial charge in [0.05, 0.1) is 11.8 Å². The van der Waals surface area contributed by atoms with Gasteiger partial charge in [0.2, 0.25) is 5.91 Å². The quantitative estimate of drug-likeness (QED) is 0.841. The van der Waals surface area contributed by atoms with Gasteiger partial charge in [0, 0.05) is 5.69 Å². The van der Waals surface area contributed by atoms with Gasteiger partial charge in [-0.2, -0.15) is 0 Å². The molecule has 0 aliphatic heterocycles. The molecule has 0 spiro atoms. The largest absolute Gasteiger partial charge is 0.481 e. The minimum Gasteiger partial charge on any atom is -0.481 e. The Kier molecular flexibility index (Phi) is 3.27. The third-order valence-corrected chi connectivity index (χ3v) is 4.49. The Morgan fingerprint density at radius 2 is 1.90 bits per heavy atom. The Bertz CT molecular complexity index is 640. The van der Waals surface area contributed by atoms with Crippen molar-refractivity contribution in [1.29, 1.82) is 0 Å². The summed E-state index contributed by atoms with van der Waals surface area (Å²) >= 11 is 0. The first-order valence-corrected chi connectivity index (χ1v) is 6.95. The molecule has 0 aromatic heterocycles. The minimum absolute atomic E-state index is 0.0357. The van der Waals surface area contributed by atoms with E-state index in [1.807, 2.05) is 12.2 Å². The van der Waals surface area contributed by atoms with Crippen molar-refractivity contribution in [2.24, 2.45) is 23.7 Å². The number of halogens is 1. The third-order valence-electron chi connectivity index (χ3n) is 4.49. The number of aliphatic carboxylic acids is 1. The van der Waals surface area contributed by atoms with Gasteiger partial charge < -0.3 is 10.4 Å². The maximum atomic E-state index is 13.5. The van der Waals surface area contributed by atoms with Crippen LogP contribution in [0.3, 0.4) is 0 Å². The van der Waals surface area contributed by atoms with E-state index in [1.165, 1.54) is 6.07 Å². The fraction of sp³-hybridized carbons (Fsp3) is 0.375. The SMILES string of the molecule is Cc1ccc(NC(=O)[C@@H]2[C@H](C(=O)O)[C@H]3C=C[C@H]2C3)cc1F. The Morgan fingerprint density at radius 3 is 2.52 bits per heavy atom. The van der Waals surface area contributed by atoms with Crippen LogP contribution in [0, 0.1) is 36.4 Å². The fourth-order valence-corrected chi connectivity index (χ4v) is 3.41. The van der Waals surface area contributed by atoms with Gasteiger partial charge in [-0.05, 0) is 42.9 Å². The van der Waals surface area contributed by atoms with Crippen LogP contribution in [0.2, 0.25) is 0 Å². The van der Waals surface area contributed by atoms with Gasteiger partial charge in [0.1, 0.15) is 5.82 Å². The zero-order valence-electron chi connectivity index (χ0n) is 11.5. The van der Waals surface area contributed by atoms with Crippen molar-refractivity contribution < 1.29 is 19.1 Å². The molecule has 0 heterocycles. The summed E-state index contributed by atoms with van der Waals surface area (Å²) in [5.74, 6) is -3.05. The summed E-state index contributed by atoms with van der Waals surface area (Å²) in [7, 11) is 0. The molecule has 21 heavy (non-hydrogen) atoms. The average molecular weight is 289 g/mol. The van der Waals surface area contributed by atoms with Crippen LogP contribution in [0.25, 0.3) is 0 Å². The zero-order valence-corrected chi connectivity index (χ0v) is 11.5. The summed E-state index contributed by atoms with van der Waals surface area (Å²) in [6.07, 6.45) is 4.51. The number of fused-ring (bicyclic) bond motifs is 2. The van der Waals surface area contributed by atoms with Crippen LogP contribution in [0.4, 0.5) is 10.1 Å². The lowest BCUT2D eigenvalue weighted by Crippen LogP contribution is -2.36. The summed E-state index contributed by atoms with van der Waals surface area (Å²) < 4.78 is 13.5. The lowest BCUT2D eigenvalue weighted by atomic mass is 9.82. The lowest BCUT2D eigenvalue weighted by molar-refractivity contribution is -0.146. The van der Waals surface area contributed by atoms with E-state index in [2.05, 4.69) is 5.32 Å². The molecular formula is C16H16FNO3. The molecule has 2 aliphatic carbocycles. The molecule has 1 aromatic carbocycles. The Balaban J connectivity index is 1.80. The topological polar surface area (TPSA) is 66.4 Å². The van der Waals surface area contributed by atoms with E-state index >= 15 is 0 Å². The highest BCUT2D eigenvalue weighted by Crippen LogP contribution is 2.48. The van der Waals surface area contributed by atoms with Crippen molar-refractivity contribution in [2.75, 3.05) is 5.32 Å². The molecule has 2 N–H and O–H groups in total. The fourth-order valence-electron chi connectivity index (χ4n) is 3.41. The smallest absolute Gasteiger partial charge is 0.307 e. The van der Waals surface area contributed by atoms with Crippen LogP contribution in [-0.2, 0) is 9.59 Å². The number of aryl methyl sites for hydroxylation is 1. The molecule has 0 radical (unpaired) electrons. The molecule has 110 valence electrons. The Labute approximate surface area is 121 Å². The van der Waals surface area contributed by atoms with Gasteiger partial charge in [-0.1, -0.05) is 18.2 Å². The minimum atomic E-state index is -0.943. The monoisotopic (exact) mass is 289 g/mol. The number of nitrogens with one attached hydrogen (secondary N) is 1. The molecule has 1 amide bonds. The van der Waals surface area contributed by atoms with Crippen LogP contribution in [0.15, 0.2) is 30.4 Å². The molecule has 1 fully saturated rings. The number of carboxylic acids is 1. The van der Waals surface area contributed by atoms with Gasteiger partial charge in [-0.25, -0.2) is 4.39 Å². The zero-order chi connectivity index (χ0) is 15.1. The van der Waals surface area contributed by atoms with Crippen LogP contribution in [-0.4, -0.2) is 17.0 Å². The number of hydrogen-bond acceptors (Lipinski definition) is 2. The first-order chi connectivity index (χ1) is 9.97. The maximum absolute atomic E-state index is 13.5. The van der Waals surface area contributed by atoms with Crippen molar-refractivity contribution in [3.05, 3.63) is 41.7 Å². The predicted octanol–water partition coefficient (Wildman–Crippen LogP) is 2.60. The van der Waals surface area contributed by atoms with Gasteiger partial charge >= 0.3 is 5.97 Å². The molecule has 4 atom stereocenters. The summed E-state index contributed by atoms with van der Waals surface area (Å²) in [5.41, 5.74) is 0.859. The highest BCUT2D eigenvalue weighted by Gasteiger charge is 2.51. The molecular weight excluding hydrogens is 273 g/mol. The molecule has 0 unspecified atom stereocenters. The maximum Gasteiger partial charge on any atom is 0.307 e. The third kappa shape index (κ3) is 2.33. The van der Waals surface area contributed by atoms with Crippen molar-refractivity contribution in [1.82, 2.24) is 0 Å². The molecule has 3 rings (SSSR count). The number of rotatable bonds is 3. The van der Waals surface area contributed by atoms with Crippen LogP contribution in [0.1, 0.15) is 12.0 Å². The average Bonchev–Trinajstić information content (AvgIpc) is 3.03. The highest BCUT2D eigenvalue weighted by molar-refractivity contribution is 5.96. The number of benzene rings is 1. The predicted molar refractivity (Wildman–Crippen MR) is 75.1 cm³/mol. The second-order valence-electron chi connectivity index (χ2n) is 5.79. The molecule has 2 bridgehead atoms. The van der Waals surface area contributed by atoms with Crippen LogP contribution in [0.5, 0.6) is 0 Å². The van der Waals surface area contributed by atoms with Crippen molar-refractivity contribution in [3.63, 3.8) is 0 Å². The Morgan fingerprint density at radius 1 is 1.24 bits per heavy atom. The van der Waals surface area contributed by atoms with E-state index in [1.54, 1.807) is 19.1 Å². The number of carbonyl (C=O) groups excluding carboxylic acids is 1. The molecule has 1 saturated carbocycles. The van der Waals surface area contributed by atoms with Gasteiger partial charge in [-0.15, -0.1) is 0 Å². The van der Waals surface area contributed by atoms with Crippen LogP contribution < -0.4 is 5.32 Å². The molecule has 5 heteroatoms. The second-order valence-corrected chi connectivity index (χ2v) is 5.79. The Hall–Kier alpha value is -2.17. The first-order valence-electron chi connectivity index (χ1n) is 6.95. The highest BCUT2D eigenvalue weighted by atomic mass is 19.1. The molecule has 0 saturated heterocycles. The summed E-state index contributed by atoms with van der Waals surface area (Å²) in [6.45, 7) is 1.64. The standard InChI is InChI=1S/C16H16FNO3/c1-8-2-5-11(7-12(8)17)18-15(19)13-9-3-4-10(6-9)14(13)16(20)21/h2-5,7,9-10,13-14H,6H2,1H3,(H,18,19)(H,20,21)/t9-,10-,13-,14+/m0/s1. The summed E-state index contributed by atoms with van der Waals surface area (Å²) in [6, 6.07) is 4.46. The van der Waals surface area contributed by atoms with Crippen molar-refractivity contribution in [2.45, 2.75) is 13.3 Å². The summed E-state index contributed by atoms with van der Waals surface area (Å²) in [5, 5.41) is 12.0. The van der Waals surface area contributed by atoms with Crippen molar-refractivity contribution >= 4 is 17.6 Å². The van der Waals surface area contributed by atoms with E-state index in [0.717, 1.165) is 0 Å². The molecule has 2 aliphatic rings. The molecule has 1 aromatic rings. The van der Waals surface area contributed by atoms with E-state index < -0.39 is 23.6 Å².